The highest BCUT2D eigenvalue weighted by Crippen LogP contribution is 2.34. The highest BCUT2D eigenvalue weighted by atomic mass is 16.4. The van der Waals surface area contributed by atoms with Crippen LogP contribution in [0.1, 0.15) is 42.9 Å². The number of carboxylic acid groups (broad SMARTS) is 1. The van der Waals surface area contributed by atoms with Crippen LogP contribution < -0.4 is 0 Å². The second-order valence-corrected chi connectivity index (χ2v) is 5.80. The number of aliphatic hydroxyl groups excluding tert-OH is 1. The maximum atomic E-state index is 11.2. The number of hydrogen-bond acceptors (Lipinski definition) is 3. The van der Waals surface area contributed by atoms with E-state index in [0.717, 1.165) is 43.2 Å². The van der Waals surface area contributed by atoms with Crippen molar-refractivity contribution >= 4 is 5.97 Å². The van der Waals surface area contributed by atoms with Crippen molar-refractivity contribution in [3.8, 4) is 0 Å². The molecule has 4 heteroatoms. The van der Waals surface area contributed by atoms with Gasteiger partial charge in [-0.2, -0.15) is 0 Å². The summed E-state index contributed by atoms with van der Waals surface area (Å²) in [6, 6.07) is 5.54. The van der Waals surface area contributed by atoms with Gasteiger partial charge in [-0.15, -0.1) is 0 Å². The van der Waals surface area contributed by atoms with Crippen LogP contribution in [0.5, 0.6) is 0 Å². The second kappa shape index (κ2) is 5.94. The molecule has 2 rings (SSSR count). The molecule has 0 heterocycles. The van der Waals surface area contributed by atoms with Gasteiger partial charge in [0, 0.05) is 6.61 Å². The molecule has 1 aromatic rings. The molecular formula is C16H22O4. The largest absolute Gasteiger partial charge is 0.479 e. The van der Waals surface area contributed by atoms with E-state index < -0.39 is 11.6 Å². The molecule has 3 N–H and O–H groups in total. The molecule has 0 fully saturated rings. The van der Waals surface area contributed by atoms with Gasteiger partial charge in [0.15, 0.2) is 5.60 Å². The van der Waals surface area contributed by atoms with Crippen LogP contribution >= 0.6 is 0 Å². The van der Waals surface area contributed by atoms with Crippen molar-refractivity contribution in [3.63, 3.8) is 0 Å². The third-order valence-corrected chi connectivity index (χ3v) is 4.30. The van der Waals surface area contributed by atoms with Crippen LogP contribution in [-0.2, 0) is 23.2 Å². The summed E-state index contributed by atoms with van der Waals surface area (Å²) in [5.41, 5.74) is 0.810. The lowest BCUT2D eigenvalue weighted by Gasteiger charge is -2.30. The van der Waals surface area contributed by atoms with Gasteiger partial charge in [-0.05, 0) is 61.6 Å². The zero-order valence-electron chi connectivity index (χ0n) is 11.8. The maximum absolute atomic E-state index is 11.2. The van der Waals surface area contributed by atoms with Gasteiger partial charge in [0.2, 0.25) is 0 Å². The van der Waals surface area contributed by atoms with Crippen LogP contribution in [0.2, 0.25) is 0 Å². The van der Waals surface area contributed by atoms with Crippen LogP contribution in [0.15, 0.2) is 18.2 Å². The van der Waals surface area contributed by atoms with Gasteiger partial charge in [0.05, 0.1) is 0 Å². The Morgan fingerprint density at radius 2 is 2.20 bits per heavy atom. The Bertz CT molecular complexity index is 493. The molecule has 2 unspecified atom stereocenters. The van der Waals surface area contributed by atoms with E-state index in [1.54, 1.807) is 6.07 Å². The molecule has 0 spiro atoms. The molecule has 2 atom stereocenters. The van der Waals surface area contributed by atoms with Crippen molar-refractivity contribution in [2.45, 2.75) is 44.6 Å². The summed E-state index contributed by atoms with van der Waals surface area (Å²) in [6.45, 7) is 1.56. The second-order valence-electron chi connectivity index (χ2n) is 5.80. The average molecular weight is 278 g/mol. The van der Waals surface area contributed by atoms with Crippen LogP contribution in [-0.4, -0.2) is 27.9 Å². The average Bonchev–Trinajstić information content (AvgIpc) is 2.43. The molecule has 0 aromatic heterocycles. The van der Waals surface area contributed by atoms with E-state index in [-0.39, 0.29) is 6.61 Å². The normalized spacial score (nSPS) is 21.1. The van der Waals surface area contributed by atoms with Crippen molar-refractivity contribution < 1.29 is 20.1 Å². The lowest BCUT2D eigenvalue weighted by molar-refractivity contribution is -0.157. The Kier molecular flexibility index (Phi) is 4.45. The predicted molar refractivity (Wildman–Crippen MR) is 75.5 cm³/mol. The van der Waals surface area contributed by atoms with E-state index in [2.05, 4.69) is 0 Å². The highest BCUT2D eigenvalue weighted by molar-refractivity contribution is 5.79. The van der Waals surface area contributed by atoms with Gasteiger partial charge >= 0.3 is 5.97 Å². The zero-order chi connectivity index (χ0) is 14.8. The first kappa shape index (κ1) is 15.0. The molecule has 0 bridgehead atoms. The lowest BCUT2D eigenvalue weighted by atomic mass is 9.77. The number of hydrogen-bond donors (Lipinski definition) is 3. The minimum absolute atomic E-state index is 0.219. The van der Waals surface area contributed by atoms with E-state index in [9.17, 15) is 15.0 Å². The number of rotatable bonds is 5. The summed E-state index contributed by atoms with van der Waals surface area (Å²) in [5, 5.41) is 28.3. The Labute approximate surface area is 119 Å². The monoisotopic (exact) mass is 278 g/mol. The van der Waals surface area contributed by atoms with E-state index in [4.69, 9.17) is 5.11 Å². The summed E-state index contributed by atoms with van der Waals surface area (Å²) in [5.74, 6) is -0.673. The van der Waals surface area contributed by atoms with Crippen molar-refractivity contribution in [2.75, 3.05) is 6.61 Å². The van der Waals surface area contributed by atoms with Gasteiger partial charge < -0.3 is 15.3 Å². The van der Waals surface area contributed by atoms with Crippen LogP contribution in [0.3, 0.4) is 0 Å². The summed E-state index contributed by atoms with van der Waals surface area (Å²) in [6.07, 6.45) is 4.49. The summed E-state index contributed by atoms with van der Waals surface area (Å²) < 4.78 is 0. The van der Waals surface area contributed by atoms with Gasteiger partial charge in [-0.1, -0.05) is 18.2 Å². The fraction of sp³-hybridized carbons (Fsp3) is 0.562. The summed E-state index contributed by atoms with van der Waals surface area (Å²) in [7, 11) is 0. The number of benzene rings is 1. The number of carboxylic acids is 1. The van der Waals surface area contributed by atoms with Gasteiger partial charge in [0.1, 0.15) is 0 Å². The predicted octanol–water partition coefficient (Wildman–Crippen LogP) is 1.86. The molecule has 20 heavy (non-hydrogen) atoms. The van der Waals surface area contributed by atoms with E-state index in [0.29, 0.717) is 11.5 Å². The molecular weight excluding hydrogens is 256 g/mol. The summed E-state index contributed by atoms with van der Waals surface area (Å²) >= 11 is 0. The van der Waals surface area contributed by atoms with Crippen molar-refractivity contribution in [2.24, 2.45) is 5.92 Å². The van der Waals surface area contributed by atoms with E-state index in [1.807, 2.05) is 12.1 Å². The fourth-order valence-corrected chi connectivity index (χ4v) is 3.08. The minimum Gasteiger partial charge on any atom is -0.479 e. The molecule has 0 amide bonds. The zero-order valence-corrected chi connectivity index (χ0v) is 11.8. The Balaban J connectivity index is 2.27. The SMILES string of the molecule is CC(O)(C(=O)O)c1cccc2c1CCC(CCCO)C2. The third-order valence-electron chi connectivity index (χ3n) is 4.30. The van der Waals surface area contributed by atoms with E-state index >= 15 is 0 Å². The van der Waals surface area contributed by atoms with Crippen molar-refractivity contribution in [1.82, 2.24) is 0 Å². The molecule has 0 saturated heterocycles. The van der Waals surface area contributed by atoms with Crippen LogP contribution in [0.25, 0.3) is 0 Å². The van der Waals surface area contributed by atoms with Gasteiger partial charge in [-0.3, -0.25) is 0 Å². The lowest BCUT2D eigenvalue weighted by Crippen LogP contribution is -2.34. The molecule has 0 saturated carbocycles. The number of carbonyl (C=O) groups is 1. The van der Waals surface area contributed by atoms with Crippen molar-refractivity contribution in [3.05, 3.63) is 34.9 Å². The molecule has 1 aliphatic carbocycles. The smallest absolute Gasteiger partial charge is 0.340 e. The third kappa shape index (κ3) is 2.86. The maximum Gasteiger partial charge on any atom is 0.340 e. The van der Waals surface area contributed by atoms with Gasteiger partial charge in [0.25, 0.3) is 0 Å². The Morgan fingerprint density at radius 1 is 1.45 bits per heavy atom. The first-order valence-corrected chi connectivity index (χ1v) is 7.14. The first-order valence-electron chi connectivity index (χ1n) is 7.14. The first-order chi connectivity index (χ1) is 9.46. The minimum atomic E-state index is -1.83. The quantitative estimate of drug-likeness (QED) is 0.768. The Morgan fingerprint density at radius 3 is 2.85 bits per heavy atom. The number of fused-ring (bicyclic) bond motifs is 1. The van der Waals surface area contributed by atoms with Crippen LogP contribution in [0.4, 0.5) is 0 Å². The molecule has 0 aliphatic heterocycles. The summed E-state index contributed by atoms with van der Waals surface area (Å²) in [4.78, 5) is 11.2. The van der Waals surface area contributed by atoms with E-state index in [1.165, 1.54) is 6.92 Å². The molecule has 1 aliphatic rings. The molecule has 1 aromatic carbocycles. The standard InChI is InChI=1S/C16H22O4/c1-16(20,15(18)19)14-6-2-5-12-10-11(4-3-9-17)7-8-13(12)14/h2,5-6,11,17,20H,3-4,7-10H2,1H3,(H,18,19). The van der Waals surface area contributed by atoms with Crippen LogP contribution in [0, 0.1) is 5.92 Å². The molecule has 0 radical (unpaired) electrons. The highest BCUT2D eigenvalue weighted by Gasteiger charge is 2.36. The number of aliphatic hydroxyl groups is 2. The molecule has 110 valence electrons. The molecule has 4 nitrogen and oxygen atoms in total. The fourth-order valence-electron chi connectivity index (χ4n) is 3.08. The Hall–Kier alpha value is -1.39. The van der Waals surface area contributed by atoms with Gasteiger partial charge in [-0.25, -0.2) is 4.79 Å². The number of aliphatic carboxylic acids is 1. The van der Waals surface area contributed by atoms with Crippen molar-refractivity contribution in [1.29, 1.82) is 0 Å². The topological polar surface area (TPSA) is 77.8 Å².